The highest BCUT2D eigenvalue weighted by Gasteiger charge is 2.62. The van der Waals surface area contributed by atoms with Crippen LogP contribution in [-0.4, -0.2) is 163 Å². The molecule has 8 atom stereocenters. The van der Waals surface area contributed by atoms with Gasteiger partial charge in [-0.3, -0.25) is 38.4 Å². The van der Waals surface area contributed by atoms with Crippen LogP contribution in [0.2, 0.25) is 0 Å². The van der Waals surface area contributed by atoms with Crippen molar-refractivity contribution in [2.24, 2.45) is 57.2 Å². The fraction of sp³-hybridized carbons (Fsp3) is 0.550. The molecule has 0 bridgehead atoms. The van der Waals surface area contributed by atoms with Gasteiger partial charge in [0.1, 0.15) is 35.9 Å². The van der Waals surface area contributed by atoms with Gasteiger partial charge in [0.15, 0.2) is 11.6 Å². The summed E-state index contributed by atoms with van der Waals surface area (Å²) < 4.78 is 95.9. The van der Waals surface area contributed by atoms with E-state index in [0.717, 1.165) is 85.7 Å². The van der Waals surface area contributed by atoms with Gasteiger partial charge in [-0.25, -0.2) is 25.6 Å². The number of carbonyl (C=O) groups is 8. The second-order valence-corrected chi connectivity index (χ2v) is 37.4. The Labute approximate surface area is 641 Å². The first-order chi connectivity index (χ1) is 51.0. The molecule has 0 unspecified atom stereocenters. The van der Waals surface area contributed by atoms with Crippen LogP contribution >= 0.6 is 15.9 Å². The Morgan fingerprint density at radius 2 is 0.898 bits per heavy atom. The summed E-state index contributed by atoms with van der Waals surface area (Å²) in [4.78, 5) is 113. The van der Waals surface area contributed by atoms with Gasteiger partial charge in [-0.15, -0.1) is 13.2 Å². The number of amides is 4. The van der Waals surface area contributed by atoms with E-state index in [4.69, 9.17) is 19.5 Å². The lowest BCUT2D eigenvalue weighted by molar-refractivity contribution is -0.156. The topological polar surface area (TPSA) is 301 Å². The van der Waals surface area contributed by atoms with E-state index in [1.165, 1.54) is 70.5 Å². The Morgan fingerprint density at radius 3 is 1.22 bits per heavy atom. The van der Waals surface area contributed by atoms with Crippen molar-refractivity contribution in [3.05, 3.63) is 138 Å². The van der Waals surface area contributed by atoms with Crippen molar-refractivity contribution in [2.45, 2.75) is 191 Å². The number of sulfonamides is 2. The SMILES string of the molecule is C=C[C@@H]1C[C@]1(CC(=O)[C@@H]1CN(S(=O)(=O)c2ccc(-c3ccc(F)cc3)cc2)CN1C(=O)[C@@H](CC(=O)OC1CCCC1)C(C)(C)C)C(=O)NCC1CC1.C=C[C@@H]1C[C@]1(CC(=O)[C@@H]1CN(S(=O)(=O)c2ccc(Br)cc2)CN1C(=O)[C@@H](CC(=O)OC1CCCC1)C(C)(C)C)C(=O)NCC1CC1.OB(O)c1ccc(F)cc1. The number of nitrogens with one attached hydrogen (secondary N) is 2. The van der Waals surface area contributed by atoms with Crippen LogP contribution in [-0.2, 0) is 67.9 Å². The zero-order valence-corrected chi connectivity index (χ0v) is 65.7. The molecule has 22 nitrogen and oxygen atoms in total. The predicted molar refractivity (Wildman–Crippen MR) is 405 cm³/mol. The molecule has 2 heterocycles. The Hall–Kier alpha value is -7.34. The molecule has 2 aliphatic heterocycles. The highest BCUT2D eigenvalue weighted by Crippen LogP contribution is 2.58. The number of nitrogens with zero attached hydrogens (tertiary/aromatic N) is 4. The number of Topliss-reactive ketones (excluding diaryl/α,β-unsaturated/α-hetero) is 2. The molecule has 584 valence electrons. The lowest BCUT2D eigenvalue weighted by Crippen LogP contribution is -2.49. The molecule has 8 fully saturated rings. The number of carbonyl (C=O) groups excluding carboxylic acids is 8. The van der Waals surface area contributed by atoms with Crippen molar-refractivity contribution in [3.63, 3.8) is 0 Å². The maximum Gasteiger partial charge on any atom is 0.488 e. The largest absolute Gasteiger partial charge is 0.488 e. The summed E-state index contributed by atoms with van der Waals surface area (Å²) in [7, 11) is -9.80. The Morgan fingerprint density at radius 1 is 0.556 bits per heavy atom. The molecule has 0 spiro atoms. The summed E-state index contributed by atoms with van der Waals surface area (Å²) >= 11 is 3.33. The minimum absolute atomic E-state index is 0.0313. The average Bonchev–Trinajstić information content (AvgIpc) is 1.58. The van der Waals surface area contributed by atoms with E-state index < -0.39 is 109 Å². The monoisotopic (exact) mass is 1590 g/mol. The zero-order valence-electron chi connectivity index (χ0n) is 62.5. The standard InChI is InChI=1S/C40H50FN3O7S.C34H46BrN3O7S.C6H6BFO2/c1-5-29-21-40(29,38(48)42-23-26-10-11-26)22-35(45)34-24-43(52(49,50)32-18-14-28(15-19-32)27-12-16-30(41)17-13-27)25-44(34)37(47)33(39(2,3)4)20-36(46)51-31-8-6-7-9-31;1-5-23-17-34(23,32(42)36-19-22-10-11-22)18-29(39)28-20-37(46(43,44)26-14-12-24(35)13-15-26)21-38(28)31(41)27(33(2,3)4)16-30(40)45-25-8-6-7-9-25;8-6-3-1-5(2-4-6)7(9)10/h5,12-19,26,29,31,33-34H,1,6-11,20-25H2,2-4H3,(H,42,48);5,12-15,22-23,25,27-28H,1,6-11,16-21H2,2-4H3,(H,36,42);1-4,9-10H/t29-,33-,34+,40-;23-,27-,28+,34-;/m11./s1. The lowest BCUT2D eigenvalue weighted by Gasteiger charge is -2.34. The minimum Gasteiger partial charge on any atom is -0.462 e. The van der Waals surface area contributed by atoms with E-state index in [0.29, 0.717) is 58.8 Å². The Bertz CT molecular complexity index is 4200. The summed E-state index contributed by atoms with van der Waals surface area (Å²) in [6.07, 6.45) is 14.6. The lowest BCUT2D eigenvalue weighted by atomic mass is 9.77. The van der Waals surface area contributed by atoms with Gasteiger partial charge in [0.05, 0.1) is 58.6 Å². The maximum absolute atomic E-state index is 14.6. The first-order valence-corrected chi connectivity index (χ1v) is 41.3. The van der Waals surface area contributed by atoms with Crippen LogP contribution < -0.4 is 16.1 Å². The van der Waals surface area contributed by atoms with Crippen molar-refractivity contribution in [3.8, 4) is 11.1 Å². The van der Waals surface area contributed by atoms with Gasteiger partial charge in [-0.05, 0) is 202 Å². The molecule has 4 aromatic carbocycles. The molecule has 6 saturated carbocycles. The molecule has 4 N–H and O–H groups in total. The third-order valence-corrected chi connectivity index (χ3v) is 26.7. The molecule has 12 rings (SSSR count). The van der Waals surface area contributed by atoms with Gasteiger partial charge in [0.2, 0.25) is 43.7 Å². The van der Waals surface area contributed by atoms with Crippen molar-refractivity contribution in [1.29, 1.82) is 0 Å². The second kappa shape index (κ2) is 34.5. The number of ketones is 2. The summed E-state index contributed by atoms with van der Waals surface area (Å²) in [5, 5.41) is 23.1. The number of esters is 2. The number of allylic oxidation sites excluding steroid dienone is 2. The van der Waals surface area contributed by atoms with Crippen LogP contribution in [0.15, 0.2) is 137 Å². The van der Waals surface area contributed by atoms with Crippen LogP contribution in [0.5, 0.6) is 0 Å². The van der Waals surface area contributed by atoms with Gasteiger partial charge >= 0.3 is 19.1 Å². The molecule has 6 aliphatic carbocycles. The number of ether oxygens (including phenoxy) is 2. The number of hydrogen-bond acceptors (Lipinski definition) is 16. The first kappa shape index (κ1) is 83.1. The first-order valence-electron chi connectivity index (χ1n) is 37.6. The number of hydrogen-bond donors (Lipinski definition) is 4. The van der Waals surface area contributed by atoms with Crippen LogP contribution in [0.4, 0.5) is 8.78 Å². The van der Waals surface area contributed by atoms with Gasteiger partial charge in [-0.1, -0.05) is 106 Å². The van der Waals surface area contributed by atoms with E-state index in [2.05, 4.69) is 39.7 Å². The number of rotatable bonds is 28. The van der Waals surface area contributed by atoms with E-state index in [1.807, 2.05) is 41.5 Å². The smallest absolute Gasteiger partial charge is 0.462 e. The Balaban J connectivity index is 0.000000205. The van der Waals surface area contributed by atoms with Crippen LogP contribution in [0.1, 0.15) is 157 Å². The van der Waals surface area contributed by atoms with Crippen LogP contribution in [0, 0.1) is 68.8 Å². The second-order valence-electron chi connectivity index (χ2n) is 32.7. The minimum atomic E-state index is -4.21. The van der Waals surface area contributed by atoms with Gasteiger partial charge < -0.3 is 40.0 Å². The summed E-state index contributed by atoms with van der Waals surface area (Å²) in [6.45, 7) is 18.6. The molecule has 0 radical (unpaired) electrons. The van der Waals surface area contributed by atoms with Gasteiger partial charge in [0, 0.05) is 43.5 Å². The number of benzene rings is 4. The van der Waals surface area contributed by atoms with Crippen molar-refractivity contribution < 1.29 is 83.5 Å². The summed E-state index contributed by atoms with van der Waals surface area (Å²) in [5.74, 6) is -5.18. The maximum atomic E-state index is 14.6. The van der Waals surface area contributed by atoms with E-state index in [-0.39, 0.29) is 109 Å². The molecule has 28 heteroatoms. The average molecular weight is 1600 g/mol. The third kappa shape index (κ3) is 20.4. The van der Waals surface area contributed by atoms with Crippen molar-refractivity contribution >= 4 is 95.7 Å². The molecular weight excluding hydrogens is 1490 g/mol. The molecular formula is C80H102BBrF2N6O16S2. The fourth-order valence-electron chi connectivity index (χ4n) is 15.0. The van der Waals surface area contributed by atoms with Crippen LogP contribution in [0.25, 0.3) is 11.1 Å². The summed E-state index contributed by atoms with van der Waals surface area (Å²) in [5.41, 5.74) is -1.69. The van der Waals surface area contributed by atoms with Crippen molar-refractivity contribution in [1.82, 2.24) is 29.0 Å². The molecule has 4 aromatic rings. The van der Waals surface area contributed by atoms with Crippen LogP contribution in [0.3, 0.4) is 0 Å². The molecule has 0 aromatic heterocycles. The van der Waals surface area contributed by atoms with Gasteiger partial charge in [0.25, 0.3) is 0 Å². The van der Waals surface area contributed by atoms with E-state index >= 15 is 0 Å². The zero-order chi connectivity index (χ0) is 78.4. The third-order valence-electron chi connectivity index (χ3n) is 22.6. The molecule has 2 saturated heterocycles. The van der Waals surface area contributed by atoms with E-state index in [9.17, 15) is 64.0 Å². The molecule has 4 amide bonds. The highest BCUT2D eigenvalue weighted by molar-refractivity contribution is 9.10. The Kier molecular flexibility index (Phi) is 26.6. The van der Waals surface area contributed by atoms with Gasteiger partial charge in [-0.2, -0.15) is 8.61 Å². The normalized spacial score (nSPS) is 23.7. The predicted octanol–water partition coefficient (Wildman–Crippen LogP) is 10.2. The molecule has 8 aliphatic rings. The molecule has 108 heavy (non-hydrogen) atoms. The van der Waals surface area contributed by atoms with Crippen molar-refractivity contribution in [2.75, 3.05) is 39.5 Å². The fourth-order valence-corrected chi connectivity index (χ4v) is 18.1. The highest BCUT2D eigenvalue weighted by atomic mass is 79.9. The number of halogens is 3. The quantitative estimate of drug-likeness (QED) is 0.0233. The van der Waals surface area contributed by atoms with E-state index in [1.54, 1.807) is 48.6 Å². The summed E-state index contributed by atoms with van der Waals surface area (Å²) in [6, 6.07) is 20.9.